The maximum Gasteiger partial charge on any atom is 0.143 e. The number of furan rings is 1. The molecule has 77 heavy (non-hydrogen) atoms. The summed E-state index contributed by atoms with van der Waals surface area (Å²) in [5.74, 6) is 0. The molecule has 0 bridgehead atoms. The molecule has 15 aromatic rings. The second-order valence-electron chi connectivity index (χ2n) is 19.4. The van der Waals surface area contributed by atoms with Crippen LogP contribution in [-0.4, -0.2) is 4.57 Å². The molecule has 16 rings (SSSR count). The van der Waals surface area contributed by atoms with Crippen molar-refractivity contribution in [3.8, 4) is 39.1 Å². The smallest absolute Gasteiger partial charge is 0.143 e. The molecule has 0 amide bonds. The summed E-state index contributed by atoms with van der Waals surface area (Å²) >= 11 is 1.78. The second-order valence-corrected chi connectivity index (χ2v) is 20.5. The molecular formula is C73H46N2OS. The van der Waals surface area contributed by atoms with Crippen LogP contribution in [0.2, 0.25) is 0 Å². The molecule has 3 heterocycles. The van der Waals surface area contributed by atoms with Crippen molar-refractivity contribution < 1.29 is 20.9 Å². The number of hydrogen-bond donors (Lipinski definition) is 0. The highest BCUT2D eigenvalue weighted by Gasteiger charge is 2.47. The van der Waals surface area contributed by atoms with Crippen LogP contribution in [-0.2, 0) is 5.41 Å². The van der Waals surface area contributed by atoms with Gasteiger partial charge >= 0.3 is 0 Å². The molecule has 12 aromatic carbocycles. The van der Waals surface area contributed by atoms with E-state index in [0.717, 1.165) is 77.5 Å². The third-order valence-electron chi connectivity index (χ3n) is 15.5. The Balaban J connectivity index is 0.949. The number of hydrogen-bond acceptors (Lipinski definition) is 3. The molecule has 360 valence electrons. The zero-order valence-electron chi connectivity index (χ0n) is 52.8. The monoisotopic (exact) mass is 1010 g/mol. The van der Waals surface area contributed by atoms with Crippen LogP contribution in [0.25, 0.3) is 103 Å². The molecule has 0 unspecified atom stereocenters. The van der Waals surface area contributed by atoms with Crippen molar-refractivity contribution >= 4 is 92.3 Å². The Bertz CT molecular complexity index is 5340. The van der Waals surface area contributed by atoms with E-state index in [0.29, 0.717) is 16.8 Å². The Labute approximate surface area is 466 Å². The van der Waals surface area contributed by atoms with Gasteiger partial charge in [0.2, 0.25) is 0 Å². The van der Waals surface area contributed by atoms with Crippen LogP contribution in [0, 0.1) is 0 Å². The van der Waals surface area contributed by atoms with Gasteiger partial charge in [-0.1, -0.05) is 218 Å². The minimum atomic E-state index is -2.17. The maximum absolute atomic E-state index is 9.88. The first-order valence-corrected chi connectivity index (χ1v) is 26.2. The Morgan fingerprint density at radius 3 is 1.82 bits per heavy atom. The van der Waals surface area contributed by atoms with Crippen molar-refractivity contribution in [3.05, 3.63) is 301 Å². The summed E-state index contributed by atoms with van der Waals surface area (Å²) in [6.45, 7) is 0. The molecule has 0 saturated carbocycles. The summed E-state index contributed by atoms with van der Waals surface area (Å²) in [7, 11) is 0. The van der Waals surface area contributed by atoms with Crippen LogP contribution in [0.4, 0.5) is 17.1 Å². The topological polar surface area (TPSA) is 21.3 Å². The lowest BCUT2D eigenvalue weighted by molar-refractivity contribution is 0.670. The van der Waals surface area contributed by atoms with Gasteiger partial charge in [0, 0.05) is 69.9 Å². The number of nitrogens with zero attached hydrogens (tertiary/aromatic N) is 2. The zero-order chi connectivity index (χ0) is 61.0. The molecule has 0 spiro atoms. The van der Waals surface area contributed by atoms with E-state index in [-0.39, 0.29) is 27.8 Å². The Morgan fingerprint density at radius 2 is 1.03 bits per heavy atom. The lowest BCUT2D eigenvalue weighted by Crippen LogP contribution is -2.28. The van der Waals surface area contributed by atoms with Gasteiger partial charge in [0.1, 0.15) is 11.2 Å². The van der Waals surface area contributed by atoms with E-state index >= 15 is 0 Å². The van der Waals surface area contributed by atoms with E-state index in [9.17, 15) is 8.22 Å². The van der Waals surface area contributed by atoms with Crippen LogP contribution in [0.5, 0.6) is 0 Å². The zero-order valence-corrected chi connectivity index (χ0v) is 41.7. The first-order chi connectivity index (χ1) is 43.1. The van der Waals surface area contributed by atoms with Crippen molar-refractivity contribution in [1.82, 2.24) is 4.57 Å². The highest BCUT2D eigenvalue weighted by Crippen LogP contribution is 2.58. The van der Waals surface area contributed by atoms with Crippen molar-refractivity contribution in [2.24, 2.45) is 0 Å². The predicted octanol–water partition coefficient (Wildman–Crippen LogP) is 20.2. The standard InChI is InChI=1S/C73H46N2OS/c1-3-18-49(19-4-1)73(50-20-5-2-6-21-50)63-30-11-7-25-62(63)70-64(73)31-17-33-66(70)75-65-32-12-8-22-56(65)57-45-44-53(46-67(57)75)74(51-40-36-47(37-41-51)54-26-15-28-60-58-23-9-13-34-68(58)76-71(54)60)52-42-38-48(39-43-52)55-27-16-29-61-59-24-10-14-35-69(59)77-72(55)61/h1-46H/i1D,2D,3D,4D,5D,6D,7D,11D,18D,20D,25D,30D. The van der Waals surface area contributed by atoms with E-state index in [1.807, 2.05) is 48.5 Å². The predicted molar refractivity (Wildman–Crippen MR) is 324 cm³/mol. The Hall–Kier alpha value is -9.74. The SMILES string of the molecule is [2H]c1cc(C2(c3cc([2H])c([2H])c([2H])c3[2H])c3cccc(-n4c5ccccc5c5ccc(N(c6ccc(-c7cccc8c7oc7ccccc78)cc6)c6ccc(-c7cccc8c7sc7ccccc78)cc6)cc54)c3-c3c([2H])c([2H])c([2H])c([2H])c32)c([2H])c([2H])c1[2H]. The third-order valence-corrected chi connectivity index (χ3v) is 16.7. The van der Waals surface area contributed by atoms with Gasteiger partial charge in [-0.05, 0) is 105 Å². The van der Waals surface area contributed by atoms with Crippen LogP contribution >= 0.6 is 11.3 Å². The second kappa shape index (κ2) is 17.2. The maximum atomic E-state index is 9.88. The summed E-state index contributed by atoms with van der Waals surface area (Å²) in [5.41, 5.74) is 8.08. The van der Waals surface area contributed by atoms with Gasteiger partial charge in [0.05, 0.1) is 38.6 Å². The van der Waals surface area contributed by atoms with Gasteiger partial charge in [0.25, 0.3) is 0 Å². The van der Waals surface area contributed by atoms with Gasteiger partial charge in [-0.2, -0.15) is 0 Å². The van der Waals surface area contributed by atoms with E-state index in [4.69, 9.17) is 12.6 Å². The van der Waals surface area contributed by atoms with Gasteiger partial charge in [-0.25, -0.2) is 0 Å². The molecule has 0 saturated heterocycles. The van der Waals surface area contributed by atoms with Gasteiger partial charge in [-0.15, -0.1) is 11.3 Å². The fraction of sp³-hybridized carbons (Fsp3) is 0.0137. The average Bonchev–Trinajstić information content (AvgIpc) is 1.55. The molecule has 0 aliphatic heterocycles. The Morgan fingerprint density at radius 1 is 0.416 bits per heavy atom. The lowest BCUT2D eigenvalue weighted by atomic mass is 9.68. The van der Waals surface area contributed by atoms with E-state index in [1.165, 1.54) is 32.3 Å². The fourth-order valence-corrected chi connectivity index (χ4v) is 13.5. The summed E-state index contributed by atoms with van der Waals surface area (Å²) in [5, 5.41) is 6.22. The van der Waals surface area contributed by atoms with Crippen LogP contribution in [0.3, 0.4) is 0 Å². The quantitative estimate of drug-likeness (QED) is 0.151. The number of aromatic nitrogens is 1. The van der Waals surface area contributed by atoms with E-state index in [1.54, 1.807) is 23.5 Å². The highest BCUT2D eigenvalue weighted by atomic mass is 32.1. The molecule has 4 heteroatoms. The van der Waals surface area contributed by atoms with Crippen LogP contribution in [0.1, 0.15) is 38.7 Å². The van der Waals surface area contributed by atoms with E-state index in [2.05, 4.69) is 143 Å². The summed E-state index contributed by atoms with van der Waals surface area (Å²) < 4.78 is 122. The number of para-hydroxylation sites is 3. The number of anilines is 3. The number of fused-ring (bicyclic) bond motifs is 12. The van der Waals surface area contributed by atoms with Crippen molar-refractivity contribution in [2.45, 2.75) is 5.41 Å². The molecule has 1 aliphatic rings. The number of thiophene rings is 1. The van der Waals surface area contributed by atoms with Gasteiger partial charge < -0.3 is 13.9 Å². The first-order valence-electron chi connectivity index (χ1n) is 31.4. The summed E-state index contributed by atoms with van der Waals surface area (Å²) in [6.07, 6.45) is 0. The normalized spacial score (nSPS) is 15.0. The highest BCUT2D eigenvalue weighted by molar-refractivity contribution is 7.26. The molecule has 0 atom stereocenters. The van der Waals surface area contributed by atoms with Gasteiger partial charge in [-0.3, -0.25) is 0 Å². The van der Waals surface area contributed by atoms with E-state index < -0.39 is 77.9 Å². The van der Waals surface area contributed by atoms with Crippen LogP contribution < -0.4 is 4.90 Å². The molecule has 0 radical (unpaired) electrons. The Kier molecular flexibility index (Phi) is 7.40. The van der Waals surface area contributed by atoms with Crippen molar-refractivity contribution in [2.75, 3.05) is 4.90 Å². The van der Waals surface area contributed by atoms with Crippen molar-refractivity contribution in [3.63, 3.8) is 0 Å². The molecule has 1 aliphatic carbocycles. The number of benzene rings is 12. The molecule has 3 aromatic heterocycles. The molecule has 3 nitrogen and oxygen atoms in total. The fourth-order valence-electron chi connectivity index (χ4n) is 12.2. The van der Waals surface area contributed by atoms with Crippen LogP contribution in [0.15, 0.2) is 283 Å². The van der Waals surface area contributed by atoms with Crippen molar-refractivity contribution in [1.29, 1.82) is 0 Å². The molecule has 0 N–H and O–H groups in total. The first kappa shape index (κ1) is 33.2. The third kappa shape index (κ3) is 6.49. The lowest BCUT2D eigenvalue weighted by Gasteiger charge is -2.34. The summed E-state index contributed by atoms with van der Waals surface area (Å²) in [6, 6.07) is 61.7. The number of rotatable bonds is 8. The molecular weight excluding hydrogens is 953 g/mol. The average molecular weight is 1010 g/mol. The van der Waals surface area contributed by atoms with Gasteiger partial charge in [0.15, 0.2) is 0 Å². The summed E-state index contributed by atoms with van der Waals surface area (Å²) in [4.78, 5) is 2.20. The minimum Gasteiger partial charge on any atom is -0.455 e. The molecule has 0 fully saturated rings. The minimum absolute atomic E-state index is 0.0231. The largest absolute Gasteiger partial charge is 0.455 e.